The number of pyridine rings is 1. The minimum absolute atomic E-state index is 0.616. The molecule has 0 bridgehead atoms. The monoisotopic (exact) mass is 248 g/mol. The molecule has 4 nitrogen and oxygen atoms in total. The highest BCUT2D eigenvalue weighted by Gasteiger charge is 1.99. The average Bonchev–Trinajstić information content (AvgIpc) is 2.35. The summed E-state index contributed by atoms with van der Waals surface area (Å²) in [5, 5.41) is 6.59. The molecule has 1 rings (SSSR count). The van der Waals surface area contributed by atoms with E-state index in [1.807, 2.05) is 19.2 Å². The van der Waals surface area contributed by atoms with Gasteiger partial charge in [0.25, 0.3) is 0 Å². The van der Waals surface area contributed by atoms with Gasteiger partial charge in [-0.3, -0.25) is 9.98 Å². The van der Waals surface area contributed by atoms with E-state index in [1.54, 1.807) is 7.05 Å². The van der Waals surface area contributed by atoms with Gasteiger partial charge in [0.15, 0.2) is 5.96 Å². The molecule has 0 aromatic carbocycles. The Hall–Kier alpha value is -1.58. The van der Waals surface area contributed by atoms with Gasteiger partial charge in [0.2, 0.25) is 0 Å². The first-order chi connectivity index (χ1) is 8.61. The first-order valence-corrected chi connectivity index (χ1v) is 6.48. The van der Waals surface area contributed by atoms with Gasteiger partial charge in [0, 0.05) is 32.0 Å². The Morgan fingerprint density at radius 2 is 2.11 bits per heavy atom. The van der Waals surface area contributed by atoms with Gasteiger partial charge >= 0.3 is 0 Å². The Kier molecular flexibility index (Phi) is 6.19. The number of hydrogen-bond acceptors (Lipinski definition) is 2. The van der Waals surface area contributed by atoms with Gasteiger partial charge in [-0.25, -0.2) is 0 Å². The summed E-state index contributed by atoms with van der Waals surface area (Å²) in [4.78, 5) is 8.47. The summed E-state index contributed by atoms with van der Waals surface area (Å²) in [5.74, 6) is 1.48. The van der Waals surface area contributed by atoms with Gasteiger partial charge < -0.3 is 10.6 Å². The van der Waals surface area contributed by atoms with Crippen LogP contribution in [0.1, 0.15) is 25.1 Å². The van der Waals surface area contributed by atoms with Crippen molar-refractivity contribution in [2.75, 3.05) is 20.1 Å². The van der Waals surface area contributed by atoms with Crippen molar-refractivity contribution >= 4 is 5.96 Å². The molecule has 0 saturated carbocycles. The van der Waals surface area contributed by atoms with E-state index in [0.29, 0.717) is 5.92 Å². The summed E-state index contributed by atoms with van der Waals surface area (Å²) in [7, 11) is 1.79. The van der Waals surface area contributed by atoms with E-state index in [9.17, 15) is 0 Å². The third kappa shape index (κ3) is 5.66. The summed E-state index contributed by atoms with van der Waals surface area (Å²) in [6.07, 6.45) is 2.89. The molecule has 0 saturated heterocycles. The van der Waals surface area contributed by atoms with E-state index in [1.165, 1.54) is 5.56 Å². The van der Waals surface area contributed by atoms with Crippen molar-refractivity contribution in [1.82, 2.24) is 15.6 Å². The molecule has 0 aliphatic heterocycles. The van der Waals surface area contributed by atoms with Gasteiger partial charge in [-0.2, -0.15) is 0 Å². The van der Waals surface area contributed by atoms with Gasteiger partial charge in [-0.05, 0) is 30.9 Å². The zero-order valence-electron chi connectivity index (χ0n) is 11.8. The minimum atomic E-state index is 0.616. The van der Waals surface area contributed by atoms with E-state index < -0.39 is 0 Å². The van der Waals surface area contributed by atoms with Crippen LogP contribution in [0.2, 0.25) is 0 Å². The highest BCUT2D eigenvalue weighted by molar-refractivity contribution is 5.79. The smallest absolute Gasteiger partial charge is 0.190 e. The van der Waals surface area contributed by atoms with E-state index in [4.69, 9.17) is 0 Å². The predicted molar refractivity (Wildman–Crippen MR) is 76.9 cm³/mol. The predicted octanol–water partition coefficient (Wildman–Crippen LogP) is 1.75. The Labute approximate surface area is 110 Å². The van der Waals surface area contributed by atoms with Crippen molar-refractivity contribution < 1.29 is 0 Å². The standard InChI is InChI=1S/C14H24N4/c1-11(2)9-18-14(15-4)16-8-7-13-6-5-12(3)17-10-13/h5-6,10-11H,7-9H2,1-4H3,(H2,15,16,18). The third-order valence-electron chi connectivity index (χ3n) is 2.58. The average molecular weight is 248 g/mol. The number of aromatic nitrogens is 1. The van der Waals surface area contributed by atoms with Gasteiger partial charge in [-0.15, -0.1) is 0 Å². The van der Waals surface area contributed by atoms with Crippen LogP contribution in [0, 0.1) is 12.8 Å². The molecule has 18 heavy (non-hydrogen) atoms. The van der Waals surface area contributed by atoms with Crippen molar-refractivity contribution in [2.24, 2.45) is 10.9 Å². The quantitative estimate of drug-likeness (QED) is 0.616. The number of nitrogens with zero attached hydrogens (tertiary/aromatic N) is 2. The number of guanidine groups is 1. The minimum Gasteiger partial charge on any atom is -0.356 e. The molecular formula is C14H24N4. The molecule has 100 valence electrons. The first-order valence-electron chi connectivity index (χ1n) is 6.48. The van der Waals surface area contributed by atoms with Crippen molar-refractivity contribution in [3.63, 3.8) is 0 Å². The molecule has 4 heteroatoms. The Bertz CT molecular complexity index is 368. The van der Waals surface area contributed by atoms with Crippen LogP contribution >= 0.6 is 0 Å². The van der Waals surface area contributed by atoms with E-state index in [-0.39, 0.29) is 0 Å². The number of aryl methyl sites for hydroxylation is 1. The number of aliphatic imine (C=N–C) groups is 1. The van der Waals surface area contributed by atoms with Crippen molar-refractivity contribution in [2.45, 2.75) is 27.2 Å². The molecular weight excluding hydrogens is 224 g/mol. The number of rotatable bonds is 5. The van der Waals surface area contributed by atoms with Crippen molar-refractivity contribution in [1.29, 1.82) is 0 Å². The van der Waals surface area contributed by atoms with Gasteiger partial charge in [-0.1, -0.05) is 19.9 Å². The van der Waals surface area contributed by atoms with Crippen LogP contribution in [0.4, 0.5) is 0 Å². The van der Waals surface area contributed by atoms with Crippen LogP contribution in [0.3, 0.4) is 0 Å². The van der Waals surface area contributed by atoms with Crippen molar-refractivity contribution in [3.05, 3.63) is 29.6 Å². The molecule has 0 fully saturated rings. The summed E-state index contributed by atoms with van der Waals surface area (Å²) in [5.41, 5.74) is 2.30. The highest BCUT2D eigenvalue weighted by atomic mass is 15.2. The summed E-state index contributed by atoms with van der Waals surface area (Å²) < 4.78 is 0. The fourth-order valence-corrected chi connectivity index (χ4v) is 1.49. The maximum atomic E-state index is 4.28. The van der Waals surface area contributed by atoms with Crippen LogP contribution < -0.4 is 10.6 Å². The summed E-state index contributed by atoms with van der Waals surface area (Å²) in [6.45, 7) is 8.16. The number of nitrogens with one attached hydrogen (secondary N) is 2. The zero-order chi connectivity index (χ0) is 13.4. The van der Waals surface area contributed by atoms with E-state index >= 15 is 0 Å². The normalized spacial score (nSPS) is 11.7. The van der Waals surface area contributed by atoms with E-state index in [0.717, 1.165) is 31.2 Å². The molecule has 0 unspecified atom stereocenters. The van der Waals surface area contributed by atoms with Crippen LogP contribution in [0.5, 0.6) is 0 Å². The third-order valence-corrected chi connectivity index (χ3v) is 2.58. The molecule has 0 spiro atoms. The summed E-state index contributed by atoms with van der Waals surface area (Å²) in [6, 6.07) is 4.16. The molecule has 2 N–H and O–H groups in total. The molecule has 1 aromatic rings. The molecule has 0 atom stereocenters. The van der Waals surface area contributed by atoms with Crippen LogP contribution in [-0.2, 0) is 6.42 Å². The maximum Gasteiger partial charge on any atom is 0.190 e. The molecule has 0 aliphatic carbocycles. The molecule has 1 aromatic heterocycles. The fourth-order valence-electron chi connectivity index (χ4n) is 1.49. The first kappa shape index (κ1) is 14.5. The van der Waals surface area contributed by atoms with Gasteiger partial charge in [0.05, 0.1) is 0 Å². The van der Waals surface area contributed by atoms with Crippen LogP contribution in [0.15, 0.2) is 23.3 Å². The molecule has 0 amide bonds. The largest absolute Gasteiger partial charge is 0.356 e. The fraction of sp³-hybridized carbons (Fsp3) is 0.571. The SMILES string of the molecule is CN=C(NCCc1ccc(C)nc1)NCC(C)C. The van der Waals surface area contributed by atoms with Crippen molar-refractivity contribution in [3.8, 4) is 0 Å². The lowest BCUT2D eigenvalue weighted by atomic mass is 10.2. The van der Waals surface area contributed by atoms with Crippen LogP contribution in [-0.4, -0.2) is 31.1 Å². The lowest BCUT2D eigenvalue weighted by molar-refractivity contribution is 0.614. The second kappa shape index (κ2) is 7.69. The van der Waals surface area contributed by atoms with Crippen LogP contribution in [0.25, 0.3) is 0 Å². The lowest BCUT2D eigenvalue weighted by Gasteiger charge is -2.13. The van der Waals surface area contributed by atoms with E-state index in [2.05, 4.69) is 40.5 Å². The summed E-state index contributed by atoms with van der Waals surface area (Å²) >= 11 is 0. The highest BCUT2D eigenvalue weighted by Crippen LogP contribution is 1.99. The zero-order valence-corrected chi connectivity index (χ0v) is 11.8. The Balaban J connectivity index is 2.29. The Morgan fingerprint density at radius 3 is 2.67 bits per heavy atom. The second-order valence-electron chi connectivity index (χ2n) is 4.83. The topological polar surface area (TPSA) is 49.3 Å². The molecule has 0 radical (unpaired) electrons. The second-order valence-corrected chi connectivity index (χ2v) is 4.83. The molecule has 1 heterocycles. The number of hydrogen-bond donors (Lipinski definition) is 2. The lowest BCUT2D eigenvalue weighted by Crippen LogP contribution is -2.39. The maximum absolute atomic E-state index is 4.28. The molecule has 0 aliphatic rings. The van der Waals surface area contributed by atoms with Gasteiger partial charge in [0.1, 0.15) is 0 Å². The Morgan fingerprint density at radius 1 is 1.33 bits per heavy atom.